The van der Waals surface area contributed by atoms with Crippen LogP contribution in [0.3, 0.4) is 0 Å². The van der Waals surface area contributed by atoms with Crippen LogP contribution in [0.1, 0.15) is 17.5 Å². The molecule has 0 saturated carbocycles. The Balaban J connectivity index is 1.52. The Hall–Kier alpha value is -2.93. The summed E-state index contributed by atoms with van der Waals surface area (Å²) in [4.78, 5) is 15.8. The monoisotopic (exact) mass is 325 g/mol. The van der Waals surface area contributed by atoms with Crippen LogP contribution >= 0.6 is 0 Å². The third-order valence-electron chi connectivity index (χ3n) is 3.67. The van der Waals surface area contributed by atoms with Crippen LogP contribution in [0.25, 0.3) is 10.8 Å². The number of carbonyl (C=O) groups is 1. The Morgan fingerprint density at radius 1 is 1.21 bits per heavy atom. The second kappa shape index (κ2) is 7.10. The lowest BCUT2D eigenvalue weighted by Crippen LogP contribution is -2.37. The molecule has 3 rings (SSSR count). The van der Waals surface area contributed by atoms with Gasteiger partial charge in [0.15, 0.2) is 5.82 Å². The highest BCUT2D eigenvalue weighted by molar-refractivity contribution is 5.83. The number of aliphatic hydroxyl groups is 1. The van der Waals surface area contributed by atoms with E-state index in [-0.39, 0.29) is 19.1 Å². The van der Waals surface area contributed by atoms with Gasteiger partial charge in [0.2, 0.25) is 0 Å². The summed E-state index contributed by atoms with van der Waals surface area (Å²) in [6, 6.07) is 13.3. The molecule has 3 aromatic rings. The molecule has 0 aliphatic heterocycles. The number of aliphatic hydroxyl groups excluding tert-OH is 1. The molecule has 24 heavy (non-hydrogen) atoms. The Kier molecular flexibility index (Phi) is 4.72. The van der Waals surface area contributed by atoms with E-state index in [0.717, 1.165) is 16.3 Å². The van der Waals surface area contributed by atoms with Crippen LogP contribution < -0.4 is 10.6 Å². The largest absolute Gasteiger partial charge is 0.387 e. The molecule has 0 spiro atoms. The standard InChI is InChI=1S/C17H19N5O2/c1-22-11-20-16(21-22)10-19-17(24)18-9-15(23)14-7-6-12-4-2-3-5-13(12)8-14/h2-8,11,15,23H,9-10H2,1H3,(H2,18,19,24). The number of urea groups is 1. The van der Waals surface area contributed by atoms with Crippen molar-refractivity contribution in [3.63, 3.8) is 0 Å². The number of rotatable bonds is 5. The highest BCUT2D eigenvalue weighted by Crippen LogP contribution is 2.19. The minimum absolute atomic E-state index is 0.125. The fourth-order valence-electron chi connectivity index (χ4n) is 2.41. The molecule has 0 saturated heterocycles. The molecule has 1 aromatic heterocycles. The van der Waals surface area contributed by atoms with E-state index < -0.39 is 6.10 Å². The number of nitrogens with one attached hydrogen (secondary N) is 2. The average Bonchev–Trinajstić information content (AvgIpc) is 3.02. The van der Waals surface area contributed by atoms with E-state index >= 15 is 0 Å². The lowest BCUT2D eigenvalue weighted by atomic mass is 10.0. The average molecular weight is 325 g/mol. The molecular weight excluding hydrogens is 306 g/mol. The zero-order valence-electron chi connectivity index (χ0n) is 13.3. The Labute approximate surface area is 139 Å². The number of nitrogens with zero attached hydrogens (tertiary/aromatic N) is 3. The first-order valence-corrected chi connectivity index (χ1v) is 7.65. The molecule has 2 amide bonds. The van der Waals surface area contributed by atoms with E-state index in [1.807, 2.05) is 42.5 Å². The van der Waals surface area contributed by atoms with Gasteiger partial charge in [-0.05, 0) is 22.4 Å². The van der Waals surface area contributed by atoms with Crippen LogP contribution in [-0.4, -0.2) is 32.4 Å². The summed E-state index contributed by atoms with van der Waals surface area (Å²) in [5.74, 6) is 0.530. The number of hydrogen-bond donors (Lipinski definition) is 3. The molecule has 0 fully saturated rings. The van der Waals surface area contributed by atoms with Gasteiger partial charge in [-0.15, -0.1) is 0 Å². The highest BCUT2D eigenvalue weighted by atomic mass is 16.3. The van der Waals surface area contributed by atoms with Crippen molar-refractivity contribution in [1.82, 2.24) is 25.4 Å². The molecule has 1 heterocycles. The summed E-state index contributed by atoms with van der Waals surface area (Å²) >= 11 is 0. The molecule has 124 valence electrons. The van der Waals surface area contributed by atoms with E-state index in [0.29, 0.717) is 5.82 Å². The normalized spacial score (nSPS) is 12.1. The van der Waals surface area contributed by atoms with Gasteiger partial charge < -0.3 is 15.7 Å². The minimum Gasteiger partial charge on any atom is -0.387 e. The maximum Gasteiger partial charge on any atom is 0.315 e. The summed E-state index contributed by atoms with van der Waals surface area (Å²) in [5, 5.41) is 21.8. The molecule has 7 heteroatoms. The number of hydrogen-bond acceptors (Lipinski definition) is 4. The number of fused-ring (bicyclic) bond motifs is 1. The maximum atomic E-state index is 11.8. The van der Waals surface area contributed by atoms with Crippen molar-refractivity contribution in [2.45, 2.75) is 12.6 Å². The van der Waals surface area contributed by atoms with Gasteiger partial charge in [0, 0.05) is 13.6 Å². The summed E-state index contributed by atoms with van der Waals surface area (Å²) in [6.07, 6.45) is 0.798. The third kappa shape index (κ3) is 3.88. The quantitative estimate of drug-likeness (QED) is 0.663. The summed E-state index contributed by atoms with van der Waals surface area (Å²) in [7, 11) is 1.76. The van der Waals surface area contributed by atoms with Crippen LogP contribution in [0.5, 0.6) is 0 Å². The molecule has 1 atom stereocenters. The Bertz CT molecular complexity index is 846. The van der Waals surface area contributed by atoms with Crippen LogP contribution in [0, 0.1) is 0 Å². The van der Waals surface area contributed by atoms with Crippen molar-refractivity contribution < 1.29 is 9.90 Å². The van der Waals surface area contributed by atoms with Gasteiger partial charge >= 0.3 is 6.03 Å². The molecule has 0 bridgehead atoms. The summed E-state index contributed by atoms with van der Waals surface area (Å²) in [5.41, 5.74) is 0.764. The third-order valence-corrected chi connectivity index (χ3v) is 3.67. The maximum absolute atomic E-state index is 11.8. The van der Waals surface area contributed by atoms with Crippen LogP contribution in [-0.2, 0) is 13.6 Å². The van der Waals surface area contributed by atoms with Crippen LogP contribution in [0.4, 0.5) is 4.79 Å². The molecule has 0 radical (unpaired) electrons. The van der Waals surface area contributed by atoms with Gasteiger partial charge in [-0.1, -0.05) is 36.4 Å². The molecule has 0 aliphatic carbocycles. The van der Waals surface area contributed by atoms with Gasteiger partial charge in [-0.2, -0.15) is 5.10 Å². The zero-order chi connectivity index (χ0) is 16.9. The number of amides is 2. The zero-order valence-corrected chi connectivity index (χ0v) is 13.3. The van der Waals surface area contributed by atoms with Crippen molar-refractivity contribution >= 4 is 16.8 Å². The predicted molar refractivity (Wildman–Crippen MR) is 90.1 cm³/mol. The lowest BCUT2D eigenvalue weighted by molar-refractivity contribution is 0.173. The fourth-order valence-corrected chi connectivity index (χ4v) is 2.41. The summed E-state index contributed by atoms with van der Waals surface area (Å²) < 4.78 is 1.57. The van der Waals surface area contributed by atoms with Gasteiger partial charge in [0.25, 0.3) is 0 Å². The number of carbonyl (C=O) groups excluding carboxylic acids is 1. The van der Waals surface area contributed by atoms with E-state index in [9.17, 15) is 9.90 Å². The second-order valence-corrected chi connectivity index (χ2v) is 5.52. The Morgan fingerprint density at radius 3 is 2.75 bits per heavy atom. The van der Waals surface area contributed by atoms with Crippen molar-refractivity contribution in [2.24, 2.45) is 7.05 Å². The lowest BCUT2D eigenvalue weighted by Gasteiger charge is -2.13. The van der Waals surface area contributed by atoms with Gasteiger partial charge in [-0.25, -0.2) is 9.78 Å². The number of aromatic nitrogens is 3. The molecule has 1 unspecified atom stereocenters. The first-order chi connectivity index (χ1) is 11.6. The van der Waals surface area contributed by atoms with Gasteiger partial charge in [0.05, 0.1) is 12.6 Å². The highest BCUT2D eigenvalue weighted by Gasteiger charge is 2.10. The Morgan fingerprint density at radius 2 is 2.00 bits per heavy atom. The fraction of sp³-hybridized carbons (Fsp3) is 0.235. The first-order valence-electron chi connectivity index (χ1n) is 7.65. The second-order valence-electron chi connectivity index (χ2n) is 5.52. The van der Waals surface area contributed by atoms with E-state index in [2.05, 4.69) is 20.7 Å². The predicted octanol–water partition coefficient (Wildman–Crippen LogP) is 1.50. The van der Waals surface area contributed by atoms with Crippen LogP contribution in [0.2, 0.25) is 0 Å². The van der Waals surface area contributed by atoms with Crippen molar-refractivity contribution in [3.8, 4) is 0 Å². The summed E-state index contributed by atoms with van der Waals surface area (Å²) in [6.45, 7) is 0.360. The molecule has 0 aliphatic rings. The molecular formula is C17H19N5O2. The van der Waals surface area contributed by atoms with Crippen molar-refractivity contribution in [3.05, 3.63) is 60.2 Å². The molecule has 2 aromatic carbocycles. The molecule has 7 nitrogen and oxygen atoms in total. The number of aryl methyl sites for hydroxylation is 1. The van der Waals surface area contributed by atoms with E-state index in [4.69, 9.17) is 0 Å². The van der Waals surface area contributed by atoms with E-state index in [1.54, 1.807) is 18.1 Å². The topological polar surface area (TPSA) is 92.1 Å². The smallest absolute Gasteiger partial charge is 0.315 e. The van der Waals surface area contributed by atoms with E-state index in [1.165, 1.54) is 0 Å². The number of benzene rings is 2. The molecule has 3 N–H and O–H groups in total. The van der Waals surface area contributed by atoms with Crippen molar-refractivity contribution in [1.29, 1.82) is 0 Å². The SMILES string of the molecule is Cn1cnc(CNC(=O)NCC(O)c2ccc3ccccc3c2)n1. The van der Waals surface area contributed by atoms with Gasteiger partial charge in [-0.3, -0.25) is 4.68 Å². The van der Waals surface area contributed by atoms with Crippen LogP contribution in [0.15, 0.2) is 48.8 Å². The minimum atomic E-state index is -0.770. The van der Waals surface area contributed by atoms with Crippen molar-refractivity contribution in [2.75, 3.05) is 6.54 Å². The first kappa shape index (κ1) is 15.9. The van der Waals surface area contributed by atoms with Gasteiger partial charge in [0.1, 0.15) is 6.33 Å².